The fraction of sp³-hybridized carbons (Fsp3) is 0.133. The quantitative estimate of drug-likeness (QED) is 0.868. The lowest BCUT2D eigenvalue weighted by molar-refractivity contribution is 0.0940. The summed E-state index contributed by atoms with van der Waals surface area (Å²) >= 11 is 0. The Kier molecular flexibility index (Phi) is 3.63. The van der Waals surface area contributed by atoms with Crippen LogP contribution in [0.3, 0.4) is 0 Å². The summed E-state index contributed by atoms with van der Waals surface area (Å²) in [5.41, 5.74) is 1.60. The highest BCUT2D eigenvalue weighted by Crippen LogP contribution is 2.16. The molecule has 2 N–H and O–H groups in total. The van der Waals surface area contributed by atoms with Gasteiger partial charge in [0, 0.05) is 5.56 Å². The molecule has 0 heterocycles. The van der Waals surface area contributed by atoms with Gasteiger partial charge < -0.3 is 10.4 Å². The molecule has 0 aromatic heterocycles. The number of hydrogen-bond donors (Lipinski definition) is 2. The highest BCUT2D eigenvalue weighted by molar-refractivity contribution is 5.94. The summed E-state index contributed by atoms with van der Waals surface area (Å²) in [7, 11) is 0. The zero-order valence-corrected chi connectivity index (χ0v) is 10.1. The topological polar surface area (TPSA) is 49.3 Å². The monoisotopic (exact) mass is 241 g/mol. The van der Waals surface area contributed by atoms with Crippen molar-refractivity contribution >= 4 is 5.91 Å². The number of amides is 1. The second-order valence-corrected chi connectivity index (χ2v) is 4.15. The van der Waals surface area contributed by atoms with Gasteiger partial charge in [-0.25, -0.2) is 0 Å². The highest BCUT2D eigenvalue weighted by atomic mass is 16.3. The van der Waals surface area contributed by atoms with Crippen molar-refractivity contribution < 1.29 is 9.90 Å². The van der Waals surface area contributed by atoms with Gasteiger partial charge in [-0.05, 0) is 36.8 Å². The van der Waals surface area contributed by atoms with Gasteiger partial charge in [-0.1, -0.05) is 30.3 Å². The Hall–Kier alpha value is -2.29. The minimum Gasteiger partial charge on any atom is -0.508 e. The second kappa shape index (κ2) is 5.36. The number of carbonyl (C=O) groups is 1. The van der Waals surface area contributed by atoms with E-state index in [0.717, 1.165) is 5.56 Å². The maximum absolute atomic E-state index is 11.9. The van der Waals surface area contributed by atoms with Gasteiger partial charge in [0.1, 0.15) is 5.75 Å². The lowest BCUT2D eigenvalue weighted by atomic mass is 10.1. The molecular formula is C15H15NO2. The summed E-state index contributed by atoms with van der Waals surface area (Å²) in [5, 5.41) is 12.1. The SMILES string of the molecule is C[C@@H](NC(=O)c1ccccc1)c1ccc(O)cc1. The standard InChI is InChI=1S/C15H15NO2/c1-11(12-7-9-14(17)10-8-12)16-15(18)13-5-3-2-4-6-13/h2-11,17H,1H3,(H,16,18)/t11-/m1/s1. The summed E-state index contributed by atoms with van der Waals surface area (Å²) in [6, 6.07) is 15.8. The van der Waals surface area contributed by atoms with Crippen LogP contribution in [0.25, 0.3) is 0 Å². The third-order valence-corrected chi connectivity index (χ3v) is 2.78. The molecule has 92 valence electrons. The van der Waals surface area contributed by atoms with Gasteiger partial charge in [-0.15, -0.1) is 0 Å². The Bertz CT molecular complexity index is 520. The molecule has 2 rings (SSSR count). The molecule has 0 bridgehead atoms. The number of rotatable bonds is 3. The van der Waals surface area contributed by atoms with E-state index in [9.17, 15) is 9.90 Å². The van der Waals surface area contributed by atoms with Crippen LogP contribution in [0, 0.1) is 0 Å². The minimum atomic E-state index is -0.101. The molecule has 0 spiro atoms. The van der Waals surface area contributed by atoms with Crippen LogP contribution in [0.1, 0.15) is 28.9 Å². The number of carbonyl (C=O) groups excluding carboxylic acids is 1. The van der Waals surface area contributed by atoms with Crippen LogP contribution in [0.2, 0.25) is 0 Å². The number of hydrogen-bond acceptors (Lipinski definition) is 2. The van der Waals surface area contributed by atoms with E-state index in [4.69, 9.17) is 0 Å². The lowest BCUT2D eigenvalue weighted by Crippen LogP contribution is -2.26. The molecule has 18 heavy (non-hydrogen) atoms. The molecule has 0 aliphatic carbocycles. The van der Waals surface area contributed by atoms with Gasteiger partial charge in [-0.3, -0.25) is 4.79 Å². The zero-order valence-electron chi connectivity index (χ0n) is 10.1. The van der Waals surface area contributed by atoms with Crippen molar-refractivity contribution in [2.75, 3.05) is 0 Å². The number of phenolic OH excluding ortho intramolecular Hbond substituents is 1. The van der Waals surface area contributed by atoms with Crippen LogP contribution >= 0.6 is 0 Å². The van der Waals surface area contributed by atoms with E-state index in [0.29, 0.717) is 5.56 Å². The largest absolute Gasteiger partial charge is 0.508 e. The minimum absolute atomic E-state index is 0.0988. The molecule has 0 saturated carbocycles. The molecule has 2 aromatic carbocycles. The number of phenols is 1. The molecule has 1 amide bonds. The first-order chi connectivity index (χ1) is 8.66. The Balaban J connectivity index is 2.06. The predicted molar refractivity (Wildman–Crippen MR) is 70.4 cm³/mol. The van der Waals surface area contributed by atoms with Crippen molar-refractivity contribution in [3.05, 3.63) is 65.7 Å². The Labute approximate surface area is 106 Å². The Morgan fingerprint density at radius 1 is 1.06 bits per heavy atom. The van der Waals surface area contributed by atoms with E-state index >= 15 is 0 Å². The summed E-state index contributed by atoms with van der Waals surface area (Å²) in [5.74, 6) is 0.122. The normalized spacial score (nSPS) is 11.8. The molecule has 3 heteroatoms. The summed E-state index contributed by atoms with van der Waals surface area (Å²) in [6.07, 6.45) is 0. The van der Waals surface area contributed by atoms with Crippen molar-refractivity contribution in [2.24, 2.45) is 0 Å². The molecule has 0 fully saturated rings. The van der Waals surface area contributed by atoms with Gasteiger partial charge in [0.15, 0.2) is 0 Å². The summed E-state index contributed by atoms with van der Waals surface area (Å²) in [6.45, 7) is 1.91. The average Bonchev–Trinajstić information content (AvgIpc) is 2.40. The van der Waals surface area contributed by atoms with E-state index in [1.807, 2.05) is 25.1 Å². The first kappa shape index (κ1) is 12.2. The predicted octanol–water partition coefficient (Wildman–Crippen LogP) is 2.88. The van der Waals surface area contributed by atoms with Crippen LogP contribution in [0.5, 0.6) is 5.75 Å². The molecule has 0 aliphatic rings. The lowest BCUT2D eigenvalue weighted by Gasteiger charge is -2.14. The van der Waals surface area contributed by atoms with E-state index in [1.54, 1.807) is 36.4 Å². The van der Waals surface area contributed by atoms with Crippen LogP contribution in [0.15, 0.2) is 54.6 Å². The smallest absolute Gasteiger partial charge is 0.251 e. The van der Waals surface area contributed by atoms with Crippen molar-refractivity contribution in [1.29, 1.82) is 0 Å². The fourth-order valence-corrected chi connectivity index (χ4v) is 1.72. The van der Waals surface area contributed by atoms with Crippen LogP contribution < -0.4 is 5.32 Å². The molecule has 0 saturated heterocycles. The van der Waals surface area contributed by atoms with Gasteiger partial charge in [-0.2, -0.15) is 0 Å². The van der Waals surface area contributed by atoms with Crippen molar-refractivity contribution in [3.63, 3.8) is 0 Å². The van der Waals surface area contributed by atoms with Crippen molar-refractivity contribution in [1.82, 2.24) is 5.32 Å². The van der Waals surface area contributed by atoms with E-state index in [1.165, 1.54) is 0 Å². The number of aromatic hydroxyl groups is 1. The van der Waals surface area contributed by atoms with Gasteiger partial charge in [0.25, 0.3) is 5.91 Å². The first-order valence-corrected chi connectivity index (χ1v) is 5.81. The second-order valence-electron chi connectivity index (χ2n) is 4.15. The van der Waals surface area contributed by atoms with Crippen LogP contribution in [0.4, 0.5) is 0 Å². The Morgan fingerprint density at radius 2 is 1.67 bits per heavy atom. The fourth-order valence-electron chi connectivity index (χ4n) is 1.72. The average molecular weight is 241 g/mol. The maximum Gasteiger partial charge on any atom is 0.251 e. The molecule has 1 atom stereocenters. The van der Waals surface area contributed by atoms with E-state index in [-0.39, 0.29) is 17.7 Å². The van der Waals surface area contributed by atoms with Crippen molar-refractivity contribution in [3.8, 4) is 5.75 Å². The van der Waals surface area contributed by atoms with E-state index in [2.05, 4.69) is 5.32 Å². The van der Waals surface area contributed by atoms with Crippen LogP contribution in [-0.4, -0.2) is 11.0 Å². The highest BCUT2D eigenvalue weighted by Gasteiger charge is 2.10. The molecule has 2 aromatic rings. The van der Waals surface area contributed by atoms with Crippen LogP contribution in [-0.2, 0) is 0 Å². The zero-order chi connectivity index (χ0) is 13.0. The maximum atomic E-state index is 11.9. The Morgan fingerprint density at radius 3 is 2.28 bits per heavy atom. The molecule has 0 unspecified atom stereocenters. The summed E-state index contributed by atoms with van der Waals surface area (Å²) < 4.78 is 0. The molecular weight excluding hydrogens is 226 g/mol. The molecule has 0 radical (unpaired) electrons. The third kappa shape index (κ3) is 2.88. The first-order valence-electron chi connectivity index (χ1n) is 5.81. The molecule has 0 aliphatic heterocycles. The van der Waals surface area contributed by atoms with Gasteiger partial charge in [0.05, 0.1) is 6.04 Å². The molecule has 3 nitrogen and oxygen atoms in total. The van der Waals surface area contributed by atoms with Gasteiger partial charge in [0.2, 0.25) is 0 Å². The summed E-state index contributed by atoms with van der Waals surface area (Å²) in [4.78, 5) is 11.9. The van der Waals surface area contributed by atoms with Crippen molar-refractivity contribution in [2.45, 2.75) is 13.0 Å². The van der Waals surface area contributed by atoms with E-state index < -0.39 is 0 Å². The third-order valence-electron chi connectivity index (χ3n) is 2.78. The van der Waals surface area contributed by atoms with Gasteiger partial charge >= 0.3 is 0 Å². The number of nitrogens with one attached hydrogen (secondary N) is 1. The number of benzene rings is 2.